The molecule has 1 unspecified atom stereocenters. The van der Waals surface area contributed by atoms with Gasteiger partial charge in [0.2, 0.25) is 11.8 Å². The van der Waals surface area contributed by atoms with Crippen LogP contribution < -0.4 is 10.6 Å². The van der Waals surface area contributed by atoms with Gasteiger partial charge in [-0.1, -0.05) is 174 Å². The second kappa shape index (κ2) is 42.4. The molecular formula is C48H93N2O17P3. The molecule has 0 rings (SSSR count). The van der Waals surface area contributed by atoms with E-state index in [0.717, 1.165) is 44.6 Å². The van der Waals surface area contributed by atoms with Crippen LogP contribution in [0, 0.1) is 0 Å². The van der Waals surface area contributed by atoms with Crippen molar-refractivity contribution in [3.05, 3.63) is 12.2 Å². The summed E-state index contributed by atoms with van der Waals surface area (Å²) < 4.78 is 56.6. The summed E-state index contributed by atoms with van der Waals surface area (Å²) in [5, 5.41) is 11.2. The van der Waals surface area contributed by atoms with Crippen molar-refractivity contribution in [2.45, 2.75) is 237 Å². The van der Waals surface area contributed by atoms with Gasteiger partial charge in [0.25, 0.3) is 5.08 Å². The third-order valence-electron chi connectivity index (χ3n) is 11.8. The maximum atomic E-state index is 12.8. The molecule has 22 heteroatoms. The average Bonchev–Trinajstić information content (AvgIpc) is 3.29. The van der Waals surface area contributed by atoms with E-state index in [-0.39, 0.29) is 45.4 Å². The van der Waals surface area contributed by atoms with E-state index in [4.69, 9.17) is 18.5 Å². The molecule has 0 bridgehead atoms. The minimum absolute atomic E-state index is 0.0347. The molecule has 19 nitrogen and oxygen atoms in total. The summed E-state index contributed by atoms with van der Waals surface area (Å²) in [5.74, 6) is -2.02. The number of hydrogen-bond acceptors (Lipinski definition) is 12. The molecule has 0 fully saturated rings. The van der Waals surface area contributed by atoms with Gasteiger partial charge in [0, 0.05) is 38.8 Å². The van der Waals surface area contributed by atoms with Crippen LogP contribution in [0.2, 0.25) is 0 Å². The Bertz CT molecular complexity index is 1540. The summed E-state index contributed by atoms with van der Waals surface area (Å²) in [6, 6.07) is 0. The number of nitrogens with one attached hydrogen (secondary N) is 2. The molecule has 8 N–H and O–H groups in total. The number of rotatable bonds is 49. The van der Waals surface area contributed by atoms with Crippen molar-refractivity contribution in [1.82, 2.24) is 10.6 Å². The van der Waals surface area contributed by atoms with Crippen LogP contribution in [0.4, 0.5) is 0 Å². The van der Waals surface area contributed by atoms with Crippen LogP contribution in [-0.2, 0) is 51.4 Å². The number of hydrogen-bond donors (Lipinski definition) is 8. The molecule has 412 valence electrons. The fourth-order valence-electron chi connectivity index (χ4n) is 7.48. The molecule has 0 aromatic carbocycles. The van der Waals surface area contributed by atoms with Crippen LogP contribution in [-0.4, -0.2) is 97.4 Å². The number of aliphatic hydroxyl groups is 1. The molecule has 0 aliphatic carbocycles. The fraction of sp³-hybridized carbons (Fsp3) is 0.875. The normalized spacial score (nSPS) is 13.5. The Kier molecular flexibility index (Phi) is 41.1. The quantitative estimate of drug-likeness (QED) is 0.0122. The van der Waals surface area contributed by atoms with Crippen LogP contribution in [0.1, 0.15) is 226 Å². The molecule has 2 amide bonds. The van der Waals surface area contributed by atoms with E-state index in [1.54, 1.807) is 0 Å². The van der Waals surface area contributed by atoms with E-state index < -0.39 is 77.6 Å². The molecule has 0 aromatic heterocycles. The molecule has 70 heavy (non-hydrogen) atoms. The van der Waals surface area contributed by atoms with Gasteiger partial charge in [-0.05, 0) is 38.2 Å². The van der Waals surface area contributed by atoms with E-state index in [0.29, 0.717) is 25.7 Å². The van der Waals surface area contributed by atoms with Crippen LogP contribution in [0.15, 0.2) is 12.2 Å². The van der Waals surface area contributed by atoms with Crippen molar-refractivity contribution in [2.24, 2.45) is 0 Å². The monoisotopic (exact) mass is 1060 g/mol. The third kappa shape index (κ3) is 38.6. The Labute approximate surface area is 419 Å². The Morgan fingerprint density at radius 2 is 0.971 bits per heavy atom. The predicted octanol–water partition coefficient (Wildman–Crippen LogP) is 10.3. The number of carbonyl (C=O) groups is 4. The van der Waals surface area contributed by atoms with E-state index in [1.807, 2.05) is 0 Å². The fourth-order valence-corrected chi connectivity index (χ4v) is 10.5. The van der Waals surface area contributed by atoms with Crippen molar-refractivity contribution < 1.29 is 81.0 Å². The first-order chi connectivity index (χ1) is 33.3. The van der Waals surface area contributed by atoms with Crippen LogP contribution in [0.3, 0.4) is 0 Å². The summed E-state index contributed by atoms with van der Waals surface area (Å²) in [4.78, 5) is 96.6. The molecule has 0 saturated heterocycles. The van der Waals surface area contributed by atoms with Gasteiger partial charge in [-0.3, -0.25) is 37.4 Å². The van der Waals surface area contributed by atoms with Gasteiger partial charge in [-0.25, -0.2) is 4.57 Å². The largest absolute Gasteiger partial charge is 0.472 e. The zero-order valence-electron chi connectivity index (χ0n) is 42.6. The third-order valence-corrected chi connectivity index (χ3v) is 16.6. The molecule has 0 radical (unpaired) electrons. The maximum Gasteiger partial charge on any atom is 0.472 e. The average molecular weight is 1060 g/mol. The highest BCUT2D eigenvalue weighted by Gasteiger charge is 2.58. The topological polar surface area (TPSA) is 302 Å². The SMILES string of the molecule is CCCCCCCCCCCCCCCC(=O)OC[C@H](COP(=O)(O)OCCNC(=O)CCC/C=C/C(=O)NCCCC(O)(P(=O)(O)O)P(=O)(O)O)OC(=O)CCCCCCCCCCCCCCC. The Morgan fingerprint density at radius 1 is 0.529 bits per heavy atom. The summed E-state index contributed by atoms with van der Waals surface area (Å²) in [6.45, 7) is 2.74. The number of esters is 2. The number of phosphoric acid groups is 1. The summed E-state index contributed by atoms with van der Waals surface area (Å²) in [5.41, 5.74) is 0. The molecule has 2 atom stereocenters. The lowest BCUT2D eigenvalue weighted by Gasteiger charge is -2.29. The van der Waals surface area contributed by atoms with Crippen molar-refractivity contribution in [3.63, 3.8) is 0 Å². The lowest BCUT2D eigenvalue weighted by molar-refractivity contribution is -0.161. The Hall–Kier alpha value is -2.01. The van der Waals surface area contributed by atoms with Crippen LogP contribution in [0.5, 0.6) is 0 Å². The first kappa shape index (κ1) is 68.0. The number of unbranched alkanes of at least 4 members (excludes halogenated alkanes) is 25. The highest BCUT2D eigenvalue weighted by atomic mass is 31.2. The highest BCUT2D eigenvalue weighted by molar-refractivity contribution is 7.72. The van der Waals surface area contributed by atoms with Crippen molar-refractivity contribution >= 4 is 46.8 Å². The van der Waals surface area contributed by atoms with E-state index in [1.165, 1.54) is 122 Å². The van der Waals surface area contributed by atoms with E-state index in [2.05, 4.69) is 24.5 Å². The number of phosphoric ester groups is 1. The van der Waals surface area contributed by atoms with Gasteiger partial charge in [-0.2, -0.15) is 0 Å². The molecule has 0 aromatic rings. The Morgan fingerprint density at radius 3 is 1.43 bits per heavy atom. The van der Waals surface area contributed by atoms with Crippen LogP contribution >= 0.6 is 23.0 Å². The number of carbonyl (C=O) groups excluding carboxylic acids is 4. The molecular weight excluding hydrogens is 969 g/mol. The molecule has 0 saturated carbocycles. The van der Waals surface area contributed by atoms with Crippen molar-refractivity contribution in [1.29, 1.82) is 0 Å². The lowest BCUT2D eigenvalue weighted by Crippen LogP contribution is -2.31. The zero-order chi connectivity index (χ0) is 52.4. The van der Waals surface area contributed by atoms with Crippen molar-refractivity contribution in [2.75, 3.05) is 32.9 Å². The highest BCUT2D eigenvalue weighted by Crippen LogP contribution is 2.69. The van der Waals surface area contributed by atoms with Gasteiger partial charge in [0.05, 0.1) is 13.2 Å². The lowest BCUT2D eigenvalue weighted by atomic mass is 10.0. The number of allylic oxidation sites excluding steroid dienone is 1. The molecule has 0 aliphatic rings. The van der Waals surface area contributed by atoms with Gasteiger partial charge in [-0.15, -0.1) is 0 Å². The molecule has 0 aliphatic heterocycles. The Balaban J connectivity index is 4.69. The van der Waals surface area contributed by atoms with Crippen LogP contribution in [0.25, 0.3) is 0 Å². The molecule has 0 spiro atoms. The van der Waals surface area contributed by atoms with E-state index in [9.17, 15) is 62.4 Å². The second-order valence-electron chi connectivity index (χ2n) is 18.3. The van der Waals surface area contributed by atoms with Gasteiger partial charge in [0.1, 0.15) is 6.61 Å². The minimum Gasteiger partial charge on any atom is -0.462 e. The van der Waals surface area contributed by atoms with Gasteiger partial charge < -0.3 is 49.7 Å². The van der Waals surface area contributed by atoms with Gasteiger partial charge in [0.15, 0.2) is 6.10 Å². The van der Waals surface area contributed by atoms with Gasteiger partial charge >= 0.3 is 35.0 Å². The van der Waals surface area contributed by atoms with E-state index >= 15 is 0 Å². The minimum atomic E-state index is -5.59. The maximum absolute atomic E-state index is 12.8. The number of ether oxygens (including phenoxy) is 2. The number of amides is 2. The standard InChI is InChI=1S/C48H93N2O17P3/c1-3-5-7-9-11-13-15-17-19-21-23-25-30-35-46(53)64-41-43(67-47(54)36-31-26-24-22-20-18-16-14-12-10-8-6-4-2)42-66-70(62,63)65-40-39-50-45(52)34-29-27-28-33-44(51)49-38-32-37-48(55,68(56,57)58)69(59,60)61/h28,33,43,55H,3-27,29-32,34-42H2,1-2H3,(H,49,51)(H,50,52)(H,62,63)(H2,56,57,58)(H2,59,60,61)/b33-28+/t43-/m1/s1. The zero-order valence-corrected chi connectivity index (χ0v) is 45.3. The summed E-state index contributed by atoms with van der Waals surface area (Å²) in [7, 11) is -15.9. The predicted molar refractivity (Wildman–Crippen MR) is 270 cm³/mol. The van der Waals surface area contributed by atoms with Crippen molar-refractivity contribution in [3.8, 4) is 0 Å². The summed E-state index contributed by atoms with van der Waals surface area (Å²) in [6.07, 6.45) is 31.5. The summed E-state index contributed by atoms with van der Waals surface area (Å²) >= 11 is 0. The smallest absolute Gasteiger partial charge is 0.462 e. The second-order valence-corrected chi connectivity index (χ2v) is 23.7. The molecule has 0 heterocycles. The first-order valence-electron chi connectivity index (χ1n) is 26.3. The first-order valence-corrected chi connectivity index (χ1v) is 31.0.